The maximum absolute atomic E-state index is 12.4. The van der Waals surface area contributed by atoms with E-state index < -0.39 is 0 Å². The summed E-state index contributed by atoms with van der Waals surface area (Å²) in [5.74, 6) is 1.91. The predicted octanol–water partition coefficient (Wildman–Crippen LogP) is 1.81. The van der Waals surface area contributed by atoms with Gasteiger partial charge in [-0.3, -0.25) is 9.78 Å². The Hall–Kier alpha value is -3.66. The van der Waals surface area contributed by atoms with E-state index in [0.717, 1.165) is 48.7 Å². The first kappa shape index (κ1) is 20.3. The van der Waals surface area contributed by atoms with Gasteiger partial charge in [0.25, 0.3) is 11.3 Å². The largest absolute Gasteiger partial charge is 0.378 e. The molecule has 10 nitrogen and oxygen atoms in total. The average molecular weight is 432 g/mol. The molecule has 164 valence electrons. The van der Waals surface area contributed by atoms with Crippen molar-refractivity contribution in [3.05, 3.63) is 65.1 Å². The molecule has 32 heavy (non-hydrogen) atoms. The van der Waals surface area contributed by atoms with Crippen molar-refractivity contribution in [2.45, 2.75) is 26.0 Å². The zero-order valence-corrected chi connectivity index (χ0v) is 17.8. The fourth-order valence-corrected chi connectivity index (χ4v) is 4.14. The van der Waals surface area contributed by atoms with Crippen molar-refractivity contribution < 1.29 is 4.74 Å². The molecule has 0 bridgehead atoms. The first-order valence-corrected chi connectivity index (χ1v) is 10.6. The molecule has 1 fully saturated rings. The molecular formula is C22H24N8O2. The van der Waals surface area contributed by atoms with E-state index in [4.69, 9.17) is 4.74 Å². The van der Waals surface area contributed by atoms with E-state index in [0.29, 0.717) is 24.8 Å². The highest BCUT2D eigenvalue weighted by Gasteiger charge is 2.23. The molecule has 0 aromatic carbocycles. The van der Waals surface area contributed by atoms with Crippen LogP contribution in [0.4, 0.5) is 5.82 Å². The number of piperidine rings is 1. The maximum Gasteiger partial charge on any atom is 0.266 e. The van der Waals surface area contributed by atoms with Crippen molar-refractivity contribution in [2.75, 3.05) is 25.1 Å². The molecule has 1 aliphatic rings. The van der Waals surface area contributed by atoms with Crippen molar-refractivity contribution in [2.24, 2.45) is 5.92 Å². The number of hydrogen-bond acceptors (Lipinski definition) is 8. The number of pyridine rings is 1. The third-order valence-electron chi connectivity index (χ3n) is 5.79. The third-order valence-corrected chi connectivity index (χ3v) is 5.79. The fraction of sp³-hybridized carbons (Fsp3) is 0.364. The van der Waals surface area contributed by atoms with Gasteiger partial charge in [-0.05, 0) is 37.0 Å². The Labute approximate surface area is 184 Å². The number of hydrogen-bond donors (Lipinski definition) is 0. The summed E-state index contributed by atoms with van der Waals surface area (Å²) in [6.07, 6.45) is 6.87. The van der Waals surface area contributed by atoms with E-state index in [1.54, 1.807) is 40.8 Å². The van der Waals surface area contributed by atoms with Crippen LogP contribution in [0.5, 0.6) is 0 Å². The van der Waals surface area contributed by atoms with E-state index in [1.807, 2.05) is 18.2 Å². The van der Waals surface area contributed by atoms with Gasteiger partial charge in [0.05, 0.1) is 18.0 Å². The van der Waals surface area contributed by atoms with Gasteiger partial charge in [-0.25, -0.2) is 9.67 Å². The van der Waals surface area contributed by atoms with Gasteiger partial charge in [0.15, 0.2) is 0 Å². The first-order chi connectivity index (χ1) is 15.7. The van der Waals surface area contributed by atoms with Crippen LogP contribution in [0.3, 0.4) is 0 Å². The number of aromatic nitrogens is 7. The van der Waals surface area contributed by atoms with E-state index in [9.17, 15) is 4.79 Å². The first-order valence-electron chi connectivity index (χ1n) is 10.6. The molecule has 1 saturated heterocycles. The average Bonchev–Trinajstić information content (AvgIpc) is 3.30. The van der Waals surface area contributed by atoms with Crippen LogP contribution in [-0.2, 0) is 17.9 Å². The molecule has 0 amide bonds. The lowest BCUT2D eigenvalue weighted by atomic mass is 9.97. The summed E-state index contributed by atoms with van der Waals surface area (Å²) in [7, 11) is 1.65. The predicted molar refractivity (Wildman–Crippen MR) is 118 cm³/mol. The SMILES string of the molecule is COCc1cc(N2CCC(Cn3nc(-c4ccncc4)ccc3=O)CC2)n2ncnc2n1. The van der Waals surface area contributed by atoms with Crippen molar-refractivity contribution in [3.63, 3.8) is 0 Å². The number of ether oxygens (including phenoxy) is 1. The minimum absolute atomic E-state index is 0.0760. The summed E-state index contributed by atoms with van der Waals surface area (Å²) in [4.78, 5) is 27.5. The van der Waals surface area contributed by atoms with Gasteiger partial charge in [-0.2, -0.15) is 19.7 Å². The van der Waals surface area contributed by atoms with Crippen LogP contribution in [0.2, 0.25) is 0 Å². The Bertz CT molecular complexity index is 1260. The van der Waals surface area contributed by atoms with Crippen LogP contribution in [0.15, 0.2) is 53.8 Å². The van der Waals surface area contributed by atoms with Gasteiger partial charge in [0, 0.05) is 56.8 Å². The highest BCUT2D eigenvalue weighted by atomic mass is 16.5. The Morgan fingerprint density at radius 2 is 1.94 bits per heavy atom. The van der Waals surface area contributed by atoms with Crippen molar-refractivity contribution in [3.8, 4) is 11.3 Å². The molecule has 5 heterocycles. The van der Waals surface area contributed by atoms with Gasteiger partial charge in [0.1, 0.15) is 12.1 Å². The van der Waals surface area contributed by atoms with Gasteiger partial charge in [-0.1, -0.05) is 0 Å². The Morgan fingerprint density at radius 3 is 2.72 bits per heavy atom. The lowest BCUT2D eigenvalue weighted by molar-refractivity contribution is 0.181. The molecule has 4 aromatic rings. The van der Waals surface area contributed by atoms with E-state index in [2.05, 4.69) is 30.0 Å². The highest BCUT2D eigenvalue weighted by Crippen LogP contribution is 2.25. The quantitative estimate of drug-likeness (QED) is 0.454. The van der Waals surface area contributed by atoms with Gasteiger partial charge >= 0.3 is 0 Å². The van der Waals surface area contributed by atoms with Gasteiger partial charge < -0.3 is 9.64 Å². The molecule has 1 aliphatic heterocycles. The van der Waals surface area contributed by atoms with Crippen LogP contribution in [0.1, 0.15) is 18.5 Å². The minimum atomic E-state index is -0.0760. The Kier molecular flexibility index (Phi) is 5.59. The Morgan fingerprint density at radius 1 is 1.12 bits per heavy atom. The molecular weight excluding hydrogens is 408 g/mol. The number of anilines is 1. The smallest absolute Gasteiger partial charge is 0.266 e. The standard InChI is InChI=1S/C22H24N8O2/c1-32-14-18-12-20(30-22(26-18)24-15-25-30)28-10-6-16(7-11-28)13-29-21(31)3-2-19(27-29)17-4-8-23-9-5-17/h2-5,8-9,12,15-16H,6-7,10-11,13-14H2,1H3. The van der Waals surface area contributed by atoms with Crippen LogP contribution in [-0.4, -0.2) is 54.5 Å². The van der Waals surface area contributed by atoms with E-state index in [1.165, 1.54) is 6.33 Å². The van der Waals surface area contributed by atoms with Gasteiger partial charge in [0.2, 0.25) is 0 Å². The number of nitrogens with zero attached hydrogens (tertiary/aromatic N) is 8. The zero-order chi connectivity index (χ0) is 21.9. The van der Waals surface area contributed by atoms with Crippen molar-refractivity contribution >= 4 is 11.6 Å². The third kappa shape index (κ3) is 4.09. The van der Waals surface area contributed by atoms with Crippen LogP contribution in [0.25, 0.3) is 17.0 Å². The van der Waals surface area contributed by atoms with Crippen LogP contribution < -0.4 is 10.5 Å². The second-order valence-electron chi connectivity index (χ2n) is 7.92. The Balaban J connectivity index is 1.31. The van der Waals surface area contributed by atoms with Crippen LogP contribution >= 0.6 is 0 Å². The van der Waals surface area contributed by atoms with E-state index in [-0.39, 0.29) is 5.56 Å². The second kappa shape index (κ2) is 8.83. The molecule has 0 atom stereocenters. The van der Waals surface area contributed by atoms with Crippen molar-refractivity contribution in [1.82, 2.24) is 34.3 Å². The molecule has 0 N–H and O–H groups in total. The molecule has 0 saturated carbocycles. The minimum Gasteiger partial charge on any atom is -0.378 e. The van der Waals surface area contributed by atoms with Crippen molar-refractivity contribution in [1.29, 1.82) is 0 Å². The number of fused-ring (bicyclic) bond motifs is 1. The second-order valence-corrected chi connectivity index (χ2v) is 7.92. The van der Waals surface area contributed by atoms with E-state index >= 15 is 0 Å². The molecule has 0 spiro atoms. The lowest BCUT2D eigenvalue weighted by Crippen LogP contribution is -2.38. The lowest BCUT2D eigenvalue weighted by Gasteiger charge is -2.33. The normalized spacial score (nSPS) is 14.8. The summed E-state index contributed by atoms with van der Waals surface area (Å²) < 4.78 is 8.61. The van der Waals surface area contributed by atoms with Gasteiger partial charge in [-0.15, -0.1) is 0 Å². The summed E-state index contributed by atoms with van der Waals surface area (Å²) in [5, 5.41) is 8.93. The fourth-order valence-electron chi connectivity index (χ4n) is 4.14. The molecule has 0 radical (unpaired) electrons. The molecule has 0 aliphatic carbocycles. The number of methoxy groups -OCH3 is 1. The van der Waals surface area contributed by atoms with Crippen LogP contribution in [0, 0.1) is 5.92 Å². The summed E-state index contributed by atoms with van der Waals surface area (Å²) >= 11 is 0. The highest BCUT2D eigenvalue weighted by molar-refractivity contribution is 5.57. The summed E-state index contributed by atoms with van der Waals surface area (Å²) in [6, 6.07) is 9.16. The zero-order valence-electron chi connectivity index (χ0n) is 17.8. The maximum atomic E-state index is 12.4. The molecule has 4 aromatic heterocycles. The monoisotopic (exact) mass is 432 g/mol. The summed E-state index contributed by atoms with van der Waals surface area (Å²) in [6.45, 7) is 2.74. The topological polar surface area (TPSA) is 103 Å². The molecule has 10 heteroatoms. The molecule has 0 unspecified atom stereocenters. The number of rotatable bonds is 6. The summed E-state index contributed by atoms with van der Waals surface area (Å²) in [5.41, 5.74) is 2.48. The molecule has 5 rings (SSSR count).